The average molecular weight is 370 g/mol. The predicted octanol–water partition coefficient (Wildman–Crippen LogP) is 1.53. The van der Waals surface area contributed by atoms with E-state index in [1.807, 2.05) is 42.8 Å². The minimum absolute atomic E-state index is 0.226. The van der Waals surface area contributed by atoms with Crippen molar-refractivity contribution < 1.29 is 23.9 Å². The van der Waals surface area contributed by atoms with Crippen LogP contribution >= 0.6 is 0 Å². The van der Waals surface area contributed by atoms with E-state index in [9.17, 15) is 14.4 Å². The van der Waals surface area contributed by atoms with Crippen molar-refractivity contribution in [1.82, 2.24) is 19.6 Å². The molecule has 0 aliphatic carbocycles. The molecule has 0 aliphatic heterocycles. The molecule has 27 heavy (non-hydrogen) atoms. The second-order valence-electron chi connectivity index (χ2n) is 5.89. The Labute approximate surface area is 154 Å². The van der Waals surface area contributed by atoms with Crippen LogP contribution in [0.15, 0.2) is 24.3 Å². The first kappa shape index (κ1) is 18.3. The highest BCUT2D eigenvalue weighted by Gasteiger charge is 2.29. The van der Waals surface area contributed by atoms with Crippen LogP contribution in [0.1, 0.15) is 37.0 Å². The van der Waals surface area contributed by atoms with Gasteiger partial charge in [0.1, 0.15) is 6.54 Å². The quantitative estimate of drug-likeness (QED) is 0.495. The minimum atomic E-state index is -0.838. The van der Waals surface area contributed by atoms with Crippen LogP contribution in [0.2, 0.25) is 0 Å². The van der Waals surface area contributed by atoms with Gasteiger partial charge in [-0.15, -0.1) is 5.10 Å². The lowest BCUT2D eigenvalue weighted by atomic mass is 10.1. The summed E-state index contributed by atoms with van der Waals surface area (Å²) in [7, 11) is 4.20. The zero-order chi connectivity index (χ0) is 19.7. The molecule has 0 fully saturated rings. The molecule has 0 bridgehead atoms. The average Bonchev–Trinajstić information content (AvgIpc) is 3.20. The summed E-state index contributed by atoms with van der Waals surface area (Å²) in [4.78, 5) is 36.9. The number of ether oxygens (including phenoxy) is 2. The van der Waals surface area contributed by atoms with Crippen molar-refractivity contribution in [1.29, 1.82) is 0 Å². The van der Waals surface area contributed by atoms with Gasteiger partial charge in [0.15, 0.2) is 11.5 Å². The van der Waals surface area contributed by atoms with E-state index in [-0.39, 0.29) is 23.7 Å². The van der Waals surface area contributed by atoms with E-state index in [1.165, 1.54) is 0 Å². The normalized spacial score (nSPS) is 10.8. The zero-order valence-electron chi connectivity index (χ0n) is 15.3. The number of fused-ring (bicyclic) bond motifs is 1. The van der Waals surface area contributed by atoms with Gasteiger partial charge in [-0.25, -0.2) is 14.3 Å². The third-order valence-electron chi connectivity index (χ3n) is 4.46. The lowest BCUT2D eigenvalue weighted by Crippen LogP contribution is -2.20. The summed E-state index contributed by atoms with van der Waals surface area (Å²) in [5.74, 6) is -1.94. The Morgan fingerprint density at radius 2 is 1.74 bits per heavy atom. The summed E-state index contributed by atoms with van der Waals surface area (Å²) in [6, 6.07) is 7.52. The fourth-order valence-corrected chi connectivity index (χ4v) is 3.04. The van der Waals surface area contributed by atoms with Crippen molar-refractivity contribution in [2.75, 3.05) is 14.2 Å². The Kier molecular flexibility index (Phi) is 4.76. The van der Waals surface area contributed by atoms with Crippen molar-refractivity contribution in [2.45, 2.75) is 13.5 Å². The first-order chi connectivity index (χ1) is 12.9. The summed E-state index contributed by atoms with van der Waals surface area (Å²) in [5.41, 5.74) is 1.70. The van der Waals surface area contributed by atoms with Crippen LogP contribution in [0.3, 0.4) is 0 Å². The standard InChI is InChI=1S/C18H18N4O5/c1-10-14(11-7-5-6-8-12(11)21(10)2)13(23)9-22-16(18(25)27-4)15(19-20-22)17(24)26-3/h5-8H,9H2,1-4H3. The number of nitrogens with zero attached hydrogens (tertiary/aromatic N) is 4. The van der Waals surface area contributed by atoms with E-state index >= 15 is 0 Å². The molecule has 140 valence electrons. The van der Waals surface area contributed by atoms with E-state index in [0.717, 1.165) is 35.5 Å². The van der Waals surface area contributed by atoms with E-state index in [0.29, 0.717) is 5.56 Å². The zero-order valence-corrected chi connectivity index (χ0v) is 15.3. The molecule has 0 atom stereocenters. The molecule has 2 heterocycles. The van der Waals surface area contributed by atoms with Crippen LogP contribution in [0.4, 0.5) is 0 Å². The third kappa shape index (κ3) is 2.97. The van der Waals surface area contributed by atoms with Crippen LogP contribution in [-0.4, -0.2) is 51.5 Å². The highest BCUT2D eigenvalue weighted by Crippen LogP contribution is 2.25. The molecule has 0 radical (unpaired) electrons. The maximum Gasteiger partial charge on any atom is 0.361 e. The van der Waals surface area contributed by atoms with Crippen LogP contribution in [0, 0.1) is 6.92 Å². The topological polar surface area (TPSA) is 105 Å². The van der Waals surface area contributed by atoms with Gasteiger partial charge in [-0.3, -0.25) is 4.79 Å². The Morgan fingerprint density at radius 3 is 2.41 bits per heavy atom. The number of para-hydroxylation sites is 1. The molecule has 0 saturated carbocycles. The second kappa shape index (κ2) is 7.02. The number of methoxy groups -OCH3 is 2. The minimum Gasteiger partial charge on any atom is -0.464 e. The Morgan fingerprint density at radius 1 is 1.07 bits per heavy atom. The monoisotopic (exact) mass is 370 g/mol. The number of Topliss-reactive ketones (excluding diaryl/α,β-unsaturated/α-hetero) is 1. The van der Waals surface area contributed by atoms with E-state index in [2.05, 4.69) is 15.0 Å². The summed E-state index contributed by atoms with van der Waals surface area (Å²) < 4.78 is 12.3. The van der Waals surface area contributed by atoms with E-state index < -0.39 is 11.9 Å². The molecule has 0 saturated heterocycles. The van der Waals surface area contributed by atoms with Gasteiger partial charge in [0, 0.05) is 29.2 Å². The van der Waals surface area contributed by atoms with Crippen LogP contribution in [0.25, 0.3) is 10.9 Å². The second-order valence-corrected chi connectivity index (χ2v) is 5.89. The number of carbonyl (C=O) groups is 3. The van der Waals surface area contributed by atoms with Gasteiger partial charge in [0.2, 0.25) is 5.69 Å². The number of rotatable bonds is 5. The summed E-state index contributed by atoms with van der Waals surface area (Å²) in [6.07, 6.45) is 0. The molecule has 0 N–H and O–H groups in total. The number of hydrogen-bond acceptors (Lipinski definition) is 7. The summed E-state index contributed by atoms with van der Waals surface area (Å²) in [6.45, 7) is 1.57. The van der Waals surface area contributed by atoms with Crippen molar-refractivity contribution in [3.63, 3.8) is 0 Å². The van der Waals surface area contributed by atoms with Crippen LogP contribution in [0.5, 0.6) is 0 Å². The van der Waals surface area contributed by atoms with Crippen molar-refractivity contribution >= 4 is 28.6 Å². The predicted molar refractivity (Wildman–Crippen MR) is 94.7 cm³/mol. The maximum atomic E-state index is 13.0. The first-order valence-electron chi connectivity index (χ1n) is 8.08. The number of carbonyl (C=O) groups excluding carboxylic acids is 3. The lowest BCUT2D eigenvalue weighted by Gasteiger charge is -2.06. The van der Waals surface area contributed by atoms with Crippen LogP contribution in [-0.2, 0) is 23.1 Å². The van der Waals surface area contributed by atoms with Gasteiger partial charge in [0.25, 0.3) is 0 Å². The fourth-order valence-electron chi connectivity index (χ4n) is 3.04. The maximum absolute atomic E-state index is 13.0. The lowest BCUT2D eigenvalue weighted by molar-refractivity contribution is 0.0543. The summed E-state index contributed by atoms with van der Waals surface area (Å²) >= 11 is 0. The van der Waals surface area contributed by atoms with Crippen molar-refractivity contribution in [3.05, 3.63) is 46.9 Å². The Hall–Kier alpha value is -3.49. The number of aromatic nitrogens is 4. The van der Waals surface area contributed by atoms with Crippen molar-refractivity contribution in [2.24, 2.45) is 7.05 Å². The molecule has 0 spiro atoms. The van der Waals surface area contributed by atoms with Gasteiger partial charge in [-0.1, -0.05) is 23.4 Å². The number of esters is 2. The number of ketones is 1. The molecular formula is C18H18N4O5. The van der Waals surface area contributed by atoms with Gasteiger partial charge < -0.3 is 14.0 Å². The molecular weight excluding hydrogens is 352 g/mol. The number of aryl methyl sites for hydroxylation is 1. The highest BCUT2D eigenvalue weighted by atomic mass is 16.5. The molecule has 0 amide bonds. The molecule has 3 rings (SSSR count). The van der Waals surface area contributed by atoms with Gasteiger partial charge in [-0.05, 0) is 13.0 Å². The Bertz CT molecular complexity index is 1060. The fraction of sp³-hybridized carbons (Fsp3) is 0.278. The third-order valence-corrected chi connectivity index (χ3v) is 4.46. The molecule has 1 aromatic carbocycles. The van der Waals surface area contributed by atoms with Crippen molar-refractivity contribution in [3.8, 4) is 0 Å². The van der Waals surface area contributed by atoms with E-state index in [4.69, 9.17) is 4.74 Å². The largest absolute Gasteiger partial charge is 0.464 e. The first-order valence-corrected chi connectivity index (χ1v) is 8.08. The smallest absolute Gasteiger partial charge is 0.361 e. The van der Waals surface area contributed by atoms with Crippen LogP contribution < -0.4 is 0 Å². The molecule has 0 unspecified atom stereocenters. The number of hydrogen-bond donors (Lipinski definition) is 0. The van der Waals surface area contributed by atoms with Gasteiger partial charge in [0.05, 0.1) is 14.2 Å². The van der Waals surface area contributed by atoms with E-state index in [1.54, 1.807) is 0 Å². The molecule has 0 aliphatic rings. The Balaban J connectivity index is 2.05. The molecule has 9 heteroatoms. The molecule has 2 aromatic heterocycles. The number of benzene rings is 1. The SMILES string of the molecule is COC(=O)c1nnn(CC(=O)c2c(C)n(C)c3ccccc23)c1C(=O)OC. The van der Waals surface area contributed by atoms with Gasteiger partial charge >= 0.3 is 11.9 Å². The highest BCUT2D eigenvalue weighted by molar-refractivity contribution is 6.09. The van der Waals surface area contributed by atoms with Gasteiger partial charge in [-0.2, -0.15) is 0 Å². The molecule has 3 aromatic rings. The molecule has 9 nitrogen and oxygen atoms in total. The summed E-state index contributed by atoms with van der Waals surface area (Å²) in [5, 5.41) is 8.25.